The molecule has 0 aromatic heterocycles. The van der Waals surface area contributed by atoms with Gasteiger partial charge in [-0.25, -0.2) is 4.57 Å². The van der Waals surface area contributed by atoms with E-state index in [1.807, 2.05) is 19.0 Å². The van der Waals surface area contributed by atoms with E-state index >= 15 is 0 Å². The Balaban J connectivity index is 4.34. The minimum Gasteiger partial charge on any atom is -0.391 e. The quantitative estimate of drug-likeness (QED) is 0.0440. The van der Waals surface area contributed by atoms with E-state index in [1.165, 1.54) is 128 Å². The summed E-state index contributed by atoms with van der Waals surface area (Å²) in [7, 11) is -0.587. The van der Waals surface area contributed by atoms with Gasteiger partial charge in [-0.15, -0.1) is 0 Å². The maximum atomic E-state index is 12.8. The molecule has 0 aliphatic heterocycles. The largest absolute Gasteiger partial charge is 0.472 e. The van der Waals surface area contributed by atoms with Crippen LogP contribution in [0.15, 0.2) is 0 Å². The van der Waals surface area contributed by atoms with E-state index in [9.17, 15) is 19.4 Å². The Bertz CT molecular complexity index is 726. The average molecular weight is 691 g/mol. The normalized spacial score (nSPS) is 14.4. The Morgan fingerprint density at radius 1 is 0.638 bits per heavy atom. The standard InChI is InChI=1S/C38H79N2O6P/c1-5-7-9-11-13-15-17-19-21-23-25-27-29-31-37(41)36(35-46-47(43,44)45-34-33-40(3)4)39-38(42)32-30-28-26-24-22-20-18-16-14-12-10-8-6-2/h36-37,41H,5-35H2,1-4H3,(H,39,42)(H,43,44)/t36-,37+/m0/s1. The first-order valence-corrected chi connectivity index (χ1v) is 21.4. The molecule has 1 unspecified atom stereocenters. The van der Waals surface area contributed by atoms with Gasteiger partial charge in [-0.1, -0.05) is 174 Å². The molecule has 0 fully saturated rings. The van der Waals surface area contributed by atoms with Crippen LogP contribution in [-0.2, 0) is 18.4 Å². The number of aliphatic hydroxyl groups excluding tert-OH is 1. The number of hydrogen-bond donors (Lipinski definition) is 3. The van der Waals surface area contributed by atoms with Crippen LogP contribution in [0.1, 0.15) is 194 Å². The molecule has 0 rings (SSSR count). The zero-order valence-corrected chi connectivity index (χ0v) is 32.4. The molecule has 0 saturated carbocycles. The summed E-state index contributed by atoms with van der Waals surface area (Å²) in [4.78, 5) is 24.7. The molecule has 0 aromatic rings. The van der Waals surface area contributed by atoms with Crippen molar-refractivity contribution >= 4 is 13.7 Å². The lowest BCUT2D eigenvalue weighted by atomic mass is 10.0. The van der Waals surface area contributed by atoms with E-state index in [0.717, 1.165) is 38.5 Å². The third kappa shape index (κ3) is 33.8. The minimum atomic E-state index is -4.29. The molecule has 0 heterocycles. The average Bonchev–Trinajstić information content (AvgIpc) is 3.03. The van der Waals surface area contributed by atoms with E-state index in [-0.39, 0.29) is 19.1 Å². The summed E-state index contributed by atoms with van der Waals surface area (Å²) in [5, 5.41) is 13.8. The molecule has 9 heteroatoms. The highest BCUT2D eigenvalue weighted by atomic mass is 31.2. The number of aliphatic hydroxyl groups is 1. The number of phosphoric acid groups is 1. The molecule has 0 bridgehead atoms. The van der Waals surface area contributed by atoms with Crippen molar-refractivity contribution in [3.05, 3.63) is 0 Å². The zero-order chi connectivity index (χ0) is 34.9. The molecular weight excluding hydrogens is 611 g/mol. The fourth-order valence-electron chi connectivity index (χ4n) is 5.95. The second-order valence-electron chi connectivity index (χ2n) is 14.2. The molecule has 8 nitrogen and oxygen atoms in total. The number of likely N-dealkylation sites (N-methyl/N-ethyl adjacent to an activating group) is 1. The summed E-state index contributed by atoms with van der Waals surface area (Å²) >= 11 is 0. The number of nitrogens with zero attached hydrogens (tertiary/aromatic N) is 1. The molecule has 0 saturated heterocycles. The van der Waals surface area contributed by atoms with Crippen molar-refractivity contribution in [2.75, 3.05) is 33.9 Å². The highest BCUT2D eigenvalue weighted by Crippen LogP contribution is 2.43. The zero-order valence-electron chi connectivity index (χ0n) is 31.5. The lowest BCUT2D eigenvalue weighted by Gasteiger charge is -2.25. The Morgan fingerprint density at radius 2 is 1.02 bits per heavy atom. The van der Waals surface area contributed by atoms with Gasteiger partial charge in [0.25, 0.3) is 0 Å². The predicted octanol–water partition coefficient (Wildman–Crippen LogP) is 10.5. The topological polar surface area (TPSA) is 108 Å². The lowest BCUT2D eigenvalue weighted by Crippen LogP contribution is -2.46. The predicted molar refractivity (Wildman–Crippen MR) is 199 cm³/mol. The van der Waals surface area contributed by atoms with Gasteiger partial charge in [0, 0.05) is 13.0 Å². The first kappa shape index (κ1) is 46.5. The number of hydrogen-bond acceptors (Lipinski definition) is 6. The highest BCUT2D eigenvalue weighted by molar-refractivity contribution is 7.47. The molecule has 0 radical (unpaired) electrons. The van der Waals surface area contributed by atoms with E-state index in [2.05, 4.69) is 19.2 Å². The van der Waals surface area contributed by atoms with Crippen molar-refractivity contribution in [2.24, 2.45) is 0 Å². The van der Waals surface area contributed by atoms with E-state index in [0.29, 0.717) is 19.4 Å². The van der Waals surface area contributed by atoms with Crippen LogP contribution >= 0.6 is 7.82 Å². The maximum Gasteiger partial charge on any atom is 0.472 e. The van der Waals surface area contributed by atoms with Crippen LogP contribution in [0.5, 0.6) is 0 Å². The Labute approximate surface area is 291 Å². The molecular formula is C38H79N2O6P. The number of carbonyl (C=O) groups is 1. The monoisotopic (exact) mass is 691 g/mol. The van der Waals surface area contributed by atoms with Gasteiger partial charge in [0.1, 0.15) is 0 Å². The van der Waals surface area contributed by atoms with Gasteiger partial charge >= 0.3 is 7.82 Å². The van der Waals surface area contributed by atoms with Gasteiger partial charge in [0.2, 0.25) is 5.91 Å². The number of phosphoric ester groups is 1. The number of unbranched alkanes of at least 4 members (excludes halogenated alkanes) is 24. The van der Waals surface area contributed by atoms with Gasteiger partial charge in [0.15, 0.2) is 0 Å². The molecule has 0 aliphatic carbocycles. The molecule has 3 N–H and O–H groups in total. The number of rotatable bonds is 37. The SMILES string of the molecule is CCCCCCCCCCCCCCCC(=O)N[C@@H](COP(=O)(O)OCCN(C)C)[C@H](O)CCCCCCCCCCCCCCC. The fraction of sp³-hybridized carbons (Fsp3) is 0.974. The summed E-state index contributed by atoms with van der Waals surface area (Å²) in [6.07, 6.45) is 32.6. The van der Waals surface area contributed by atoms with Gasteiger partial charge in [-0.05, 0) is 26.9 Å². The summed E-state index contributed by atoms with van der Waals surface area (Å²) in [6.45, 7) is 4.79. The molecule has 282 valence electrons. The van der Waals surface area contributed by atoms with Crippen LogP contribution in [0.25, 0.3) is 0 Å². The molecule has 1 amide bonds. The van der Waals surface area contributed by atoms with Gasteiger partial charge in [-0.2, -0.15) is 0 Å². The summed E-state index contributed by atoms with van der Waals surface area (Å²) in [5.74, 6) is -0.146. The summed E-state index contributed by atoms with van der Waals surface area (Å²) < 4.78 is 22.7. The van der Waals surface area contributed by atoms with E-state index in [1.54, 1.807) is 0 Å². The third-order valence-electron chi connectivity index (χ3n) is 9.13. The van der Waals surface area contributed by atoms with Crippen molar-refractivity contribution in [1.29, 1.82) is 0 Å². The Kier molecular flexibility index (Phi) is 33.6. The first-order valence-electron chi connectivity index (χ1n) is 20.0. The van der Waals surface area contributed by atoms with Gasteiger partial charge in [0.05, 0.1) is 25.4 Å². The lowest BCUT2D eigenvalue weighted by molar-refractivity contribution is -0.123. The minimum absolute atomic E-state index is 0.0539. The Morgan fingerprint density at radius 3 is 1.43 bits per heavy atom. The van der Waals surface area contributed by atoms with Crippen molar-refractivity contribution in [3.8, 4) is 0 Å². The van der Waals surface area contributed by atoms with Crippen LogP contribution in [0.2, 0.25) is 0 Å². The van der Waals surface area contributed by atoms with E-state index < -0.39 is 20.0 Å². The highest BCUT2D eigenvalue weighted by Gasteiger charge is 2.27. The number of nitrogens with one attached hydrogen (secondary N) is 1. The summed E-state index contributed by atoms with van der Waals surface area (Å²) in [6, 6.07) is -0.750. The smallest absolute Gasteiger partial charge is 0.391 e. The maximum absolute atomic E-state index is 12.8. The van der Waals surface area contributed by atoms with Crippen molar-refractivity contribution in [3.63, 3.8) is 0 Å². The number of amides is 1. The van der Waals surface area contributed by atoms with Gasteiger partial charge in [-0.3, -0.25) is 13.8 Å². The number of carbonyl (C=O) groups excluding carboxylic acids is 1. The second kappa shape index (κ2) is 34.0. The van der Waals surface area contributed by atoms with Crippen LogP contribution in [0.3, 0.4) is 0 Å². The Hall–Kier alpha value is -0.500. The molecule has 47 heavy (non-hydrogen) atoms. The van der Waals surface area contributed by atoms with E-state index in [4.69, 9.17) is 9.05 Å². The van der Waals surface area contributed by atoms with Gasteiger partial charge < -0.3 is 20.2 Å². The van der Waals surface area contributed by atoms with Crippen molar-refractivity contribution < 1.29 is 28.4 Å². The molecule has 0 spiro atoms. The van der Waals surface area contributed by atoms with Crippen LogP contribution in [-0.4, -0.2) is 66.8 Å². The molecule has 0 aliphatic rings. The third-order valence-corrected chi connectivity index (χ3v) is 10.1. The molecule has 3 atom stereocenters. The summed E-state index contributed by atoms with van der Waals surface area (Å²) in [5.41, 5.74) is 0. The van der Waals surface area contributed by atoms with Crippen LogP contribution in [0, 0.1) is 0 Å². The molecule has 0 aromatic carbocycles. The first-order chi connectivity index (χ1) is 22.7. The second-order valence-corrected chi connectivity index (χ2v) is 15.6. The van der Waals surface area contributed by atoms with Crippen LogP contribution < -0.4 is 5.32 Å². The van der Waals surface area contributed by atoms with Crippen molar-refractivity contribution in [2.45, 2.75) is 206 Å². The fourth-order valence-corrected chi connectivity index (χ4v) is 6.69. The van der Waals surface area contributed by atoms with Crippen molar-refractivity contribution in [1.82, 2.24) is 10.2 Å². The van der Waals surface area contributed by atoms with Crippen LogP contribution in [0.4, 0.5) is 0 Å².